The third-order valence-electron chi connectivity index (χ3n) is 4.84. The Bertz CT molecular complexity index is 1400. The molecule has 2 N–H and O–H groups in total. The topological polar surface area (TPSA) is 124 Å². The minimum absolute atomic E-state index is 0. The molecule has 5 aromatic rings. The molecule has 2 amide bonds. The summed E-state index contributed by atoms with van der Waals surface area (Å²) < 4.78 is 8.55. The molecular formula is C20H20ClN9O2. The van der Waals surface area contributed by atoms with Gasteiger partial charge in [0, 0.05) is 33.0 Å². The molecule has 11 nitrogen and oxygen atoms in total. The van der Waals surface area contributed by atoms with Crippen LogP contribution in [0.4, 0.5) is 22.1 Å². The molecule has 0 aliphatic heterocycles. The highest BCUT2D eigenvalue weighted by atomic mass is 35.5. The lowest BCUT2D eigenvalue weighted by Crippen LogP contribution is -2.33. The number of nitrogens with two attached hydrogens (primary N) is 1. The third kappa shape index (κ3) is 3.38. The second-order valence-corrected chi connectivity index (χ2v) is 7.18. The van der Waals surface area contributed by atoms with Crippen molar-refractivity contribution in [2.45, 2.75) is 0 Å². The van der Waals surface area contributed by atoms with Crippen molar-refractivity contribution in [1.82, 2.24) is 29.4 Å². The number of aromatic nitrogens is 6. The van der Waals surface area contributed by atoms with Crippen molar-refractivity contribution in [1.29, 1.82) is 0 Å². The molecule has 5 rings (SSSR count). The van der Waals surface area contributed by atoms with E-state index in [1.807, 2.05) is 31.1 Å². The molecule has 0 bridgehead atoms. The Hall–Kier alpha value is -4.12. The molecule has 1 aromatic carbocycles. The zero-order valence-corrected chi connectivity index (χ0v) is 18.3. The first-order valence-electron chi connectivity index (χ1n) is 9.43. The normalized spacial score (nSPS) is 11.0. The van der Waals surface area contributed by atoms with Crippen LogP contribution >= 0.6 is 12.4 Å². The van der Waals surface area contributed by atoms with Crippen molar-refractivity contribution in [2.24, 2.45) is 12.8 Å². The molecule has 0 radical (unpaired) electrons. The predicted molar refractivity (Wildman–Crippen MR) is 122 cm³/mol. The van der Waals surface area contributed by atoms with E-state index in [4.69, 9.17) is 10.2 Å². The van der Waals surface area contributed by atoms with Gasteiger partial charge >= 0.3 is 6.03 Å². The SMILES string of the molecule is CN(C)c1ccc(N(C(N)=O)c2nc3nn(C)cc3c3nc(-c4ccco4)nn23)cc1.Cl. The highest BCUT2D eigenvalue weighted by Crippen LogP contribution is 2.30. The van der Waals surface area contributed by atoms with Gasteiger partial charge in [-0.25, -0.2) is 14.7 Å². The van der Waals surface area contributed by atoms with E-state index in [1.54, 1.807) is 48.5 Å². The van der Waals surface area contributed by atoms with Crippen LogP contribution in [0.25, 0.3) is 28.3 Å². The van der Waals surface area contributed by atoms with E-state index in [0.29, 0.717) is 34.0 Å². The second kappa shape index (κ2) is 7.85. The van der Waals surface area contributed by atoms with E-state index in [0.717, 1.165) is 5.69 Å². The highest BCUT2D eigenvalue weighted by molar-refractivity contribution is 5.99. The number of hydrogen-bond donors (Lipinski definition) is 1. The number of urea groups is 1. The van der Waals surface area contributed by atoms with Gasteiger partial charge in [-0.05, 0) is 36.4 Å². The number of hydrogen-bond acceptors (Lipinski definition) is 7. The number of amides is 2. The summed E-state index contributed by atoms with van der Waals surface area (Å²) in [6, 6.07) is 10.2. The van der Waals surface area contributed by atoms with Gasteiger partial charge in [0.2, 0.25) is 11.8 Å². The quantitative estimate of drug-likeness (QED) is 0.443. The maximum Gasteiger partial charge on any atom is 0.326 e. The molecule has 0 atom stereocenters. The van der Waals surface area contributed by atoms with Crippen LogP contribution in [0.3, 0.4) is 0 Å². The fourth-order valence-corrected chi connectivity index (χ4v) is 3.38. The van der Waals surface area contributed by atoms with E-state index in [2.05, 4.69) is 20.2 Å². The van der Waals surface area contributed by atoms with Gasteiger partial charge < -0.3 is 15.1 Å². The first-order chi connectivity index (χ1) is 14.9. The maximum absolute atomic E-state index is 12.5. The maximum atomic E-state index is 12.5. The lowest BCUT2D eigenvalue weighted by atomic mass is 10.2. The number of carbonyl (C=O) groups excluding carboxylic acids is 1. The number of primary amides is 1. The van der Waals surface area contributed by atoms with Crippen molar-refractivity contribution in [2.75, 3.05) is 23.9 Å². The first kappa shape index (κ1) is 21.1. The van der Waals surface area contributed by atoms with Crippen molar-refractivity contribution in [3.63, 3.8) is 0 Å². The van der Waals surface area contributed by atoms with E-state index >= 15 is 0 Å². The van der Waals surface area contributed by atoms with Crippen LogP contribution < -0.4 is 15.5 Å². The van der Waals surface area contributed by atoms with Gasteiger partial charge in [-0.2, -0.15) is 14.6 Å². The molecule has 0 fully saturated rings. The highest BCUT2D eigenvalue weighted by Gasteiger charge is 2.25. The monoisotopic (exact) mass is 453 g/mol. The lowest BCUT2D eigenvalue weighted by molar-refractivity contribution is 0.255. The molecule has 4 aromatic heterocycles. The first-order valence-corrected chi connectivity index (χ1v) is 9.43. The van der Waals surface area contributed by atoms with Crippen LogP contribution in [-0.2, 0) is 7.05 Å². The molecule has 12 heteroatoms. The summed E-state index contributed by atoms with van der Waals surface area (Å²) >= 11 is 0. The number of aryl methyl sites for hydroxylation is 1. The standard InChI is InChI=1S/C20H19N9O2.ClH/c1-26(2)12-6-8-13(9-7-12)28(19(21)30)20-23-16-14(11-27(3)24-16)18-22-17(25-29(18)20)15-5-4-10-31-15;/h4-11H,1-3H3,(H2,21,30);1H. The van der Waals surface area contributed by atoms with Gasteiger partial charge in [-0.15, -0.1) is 17.5 Å². The zero-order valence-electron chi connectivity index (χ0n) is 17.5. The predicted octanol–water partition coefficient (Wildman–Crippen LogP) is 2.98. The average molecular weight is 454 g/mol. The Balaban J connectivity index is 0.00000245. The Morgan fingerprint density at radius 1 is 1.06 bits per heavy atom. The van der Waals surface area contributed by atoms with Crippen LogP contribution in [0, 0.1) is 0 Å². The fraction of sp³-hybridized carbons (Fsp3) is 0.150. The summed E-state index contributed by atoms with van der Waals surface area (Å²) in [6.07, 6.45) is 3.34. The van der Waals surface area contributed by atoms with E-state index < -0.39 is 6.03 Å². The zero-order chi connectivity index (χ0) is 21.7. The summed E-state index contributed by atoms with van der Waals surface area (Å²) in [6.45, 7) is 0. The van der Waals surface area contributed by atoms with Gasteiger partial charge in [0.15, 0.2) is 17.1 Å². The molecule has 32 heavy (non-hydrogen) atoms. The Kier molecular flexibility index (Phi) is 5.18. The van der Waals surface area contributed by atoms with E-state index in [-0.39, 0.29) is 18.4 Å². The number of fused-ring (bicyclic) bond motifs is 3. The Labute approximate surface area is 188 Å². The Morgan fingerprint density at radius 2 is 1.78 bits per heavy atom. The number of anilines is 3. The van der Waals surface area contributed by atoms with Crippen molar-refractivity contribution in [3.05, 3.63) is 48.9 Å². The third-order valence-corrected chi connectivity index (χ3v) is 4.84. The molecule has 0 saturated carbocycles. The smallest absolute Gasteiger partial charge is 0.326 e. The van der Waals surface area contributed by atoms with Crippen LogP contribution in [0.1, 0.15) is 0 Å². The fourth-order valence-electron chi connectivity index (χ4n) is 3.38. The van der Waals surface area contributed by atoms with Gasteiger partial charge in [0.1, 0.15) is 0 Å². The molecular weight excluding hydrogens is 434 g/mol. The summed E-state index contributed by atoms with van der Waals surface area (Å²) in [7, 11) is 5.66. The second-order valence-electron chi connectivity index (χ2n) is 7.18. The lowest BCUT2D eigenvalue weighted by Gasteiger charge is -2.21. The number of rotatable bonds is 4. The molecule has 0 aliphatic rings. The largest absolute Gasteiger partial charge is 0.461 e. The van der Waals surface area contributed by atoms with Gasteiger partial charge in [0.05, 0.1) is 17.3 Å². The average Bonchev–Trinajstić information content (AvgIpc) is 3.46. The number of halogens is 1. The van der Waals surface area contributed by atoms with Crippen LogP contribution in [0.5, 0.6) is 0 Å². The molecule has 164 valence electrons. The summed E-state index contributed by atoms with van der Waals surface area (Å²) in [5, 5.41) is 9.61. The van der Waals surface area contributed by atoms with Gasteiger partial charge in [0.25, 0.3) is 0 Å². The van der Waals surface area contributed by atoms with Gasteiger partial charge in [-0.3, -0.25) is 4.68 Å². The minimum atomic E-state index is -0.711. The van der Waals surface area contributed by atoms with Crippen molar-refractivity contribution >= 4 is 52.4 Å². The number of carbonyl (C=O) groups is 1. The summed E-state index contributed by atoms with van der Waals surface area (Å²) in [5.74, 6) is 1.03. The van der Waals surface area contributed by atoms with E-state index in [1.165, 1.54) is 9.42 Å². The molecule has 0 aliphatic carbocycles. The van der Waals surface area contributed by atoms with Gasteiger partial charge in [-0.1, -0.05) is 0 Å². The minimum Gasteiger partial charge on any atom is -0.461 e. The molecule has 0 spiro atoms. The Morgan fingerprint density at radius 3 is 2.41 bits per heavy atom. The number of furan rings is 1. The van der Waals surface area contributed by atoms with E-state index in [9.17, 15) is 4.79 Å². The molecule has 0 saturated heterocycles. The number of nitrogens with zero attached hydrogens (tertiary/aromatic N) is 8. The summed E-state index contributed by atoms with van der Waals surface area (Å²) in [5.41, 5.74) is 8.19. The van der Waals surface area contributed by atoms with Crippen LogP contribution in [-0.4, -0.2) is 49.5 Å². The number of benzene rings is 1. The van der Waals surface area contributed by atoms with Crippen LogP contribution in [0.15, 0.2) is 53.3 Å². The van der Waals surface area contributed by atoms with Crippen molar-refractivity contribution < 1.29 is 9.21 Å². The summed E-state index contributed by atoms with van der Waals surface area (Å²) in [4.78, 5) is 25.0. The molecule has 4 heterocycles. The molecule has 0 unspecified atom stereocenters. The van der Waals surface area contributed by atoms with Crippen LogP contribution in [0.2, 0.25) is 0 Å². The van der Waals surface area contributed by atoms with Crippen molar-refractivity contribution in [3.8, 4) is 11.6 Å².